The number of anilines is 2. The average molecular weight is 368 g/mol. The molecular weight excluding hydrogens is 350 g/mol. The van der Waals surface area contributed by atoms with Crippen LogP contribution in [-0.4, -0.2) is 42.1 Å². The lowest BCUT2D eigenvalue weighted by Crippen LogP contribution is -2.47. The summed E-state index contributed by atoms with van der Waals surface area (Å²) in [7, 11) is 0. The highest BCUT2D eigenvalue weighted by atomic mass is 35.5. The van der Waals surface area contributed by atoms with Gasteiger partial charge in [0.05, 0.1) is 16.1 Å². The van der Waals surface area contributed by atoms with Crippen molar-refractivity contribution in [2.24, 2.45) is 5.73 Å². The standard InChI is InChI=1S/C19H18ClN5O/c20-13-5-6-17(22-12-13)24-7-9-25(10-8-24)18-11-15(19(21)26)14-3-1-2-4-16(14)23-18/h1-6,11-12H,7-10H2,(H2,21,26). The van der Waals surface area contributed by atoms with Crippen LogP contribution in [-0.2, 0) is 0 Å². The number of nitrogens with two attached hydrogens (primary N) is 1. The van der Waals surface area contributed by atoms with Gasteiger partial charge in [0, 0.05) is 37.8 Å². The Morgan fingerprint density at radius 3 is 2.35 bits per heavy atom. The maximum atomic E-state index is 11.9. The number of carbonyl (C=O) groups excluding carboxylic acids is 1. The Hall–Kier alpha value is -2.86. The molecule has 3 aromatic rings. The summed E-state index contributed by atoms with van der Waals surface area (Å²) in [6, 6.07) is 13.1. The summed E-state index contributed by atoms with van der Waals surface area (Å²) >= 11 is 5.91. The Bertz CT molecular complexity index is 952. The summed E-state index contributed by atoms with van der Waals surface area (Å²) in [5.41, 5.74) is 6.86. The number of primary amides is 1. The summed E-state index contributed by atoms with van der Waals surface area (Å²) in [6.45, 7) is 3.20. The van der Waals surface area contributed by atoms with E-state index in [1.165, 1.54) is 0 Å². The maximum Gasteiger partial charge on any atom is 0.249 e. The van der Waals surface area contributed by atoms with Crippen molar-refractivity contribution in [1.29, 1.82) is 0 Å². The van der Waals surface area contributed by atoms with Crippen molar-refractivity contribution >= 4 is 40.0 Å². The Labute approximate surface area is 156 Å². The molecule has 0 bridgehead atoms. The number of nitrogens with zero attached hydrogens (tertiary/aromatic N) is 4. The summed E-state index contributed by atoms with van der Waals surface area (Å²) in [5, 5.41) is 1.42. The number of carbonyl (C=O) groups is 1. The van der Waals surface area contributed by atoms with Crippen molar-refractivity contribution in [2.75, 3.05) is 36.0 Å². The first-order chi connectivity index (χ1) is 12.6. The minimum Gasteiger partial charge on any atom is -0.366 e. The minimum absolute atomic E-state index is 0.436. The maximum absolute atomic E-state index is 11.9. The van der Waals surface area contributed by atoms with Crippen LogP contribution < -0.4 is 15.5 Å². The zero-order chi connectivity index (χ0) is 18.1. The third-order valence-corrected chi connectivity index (χ3v) is 4.83. The molecular formula is C19H18ClN5O. The lowest BCUT2D eigenvalue weighted by Gasteiger charge is -2.36. The molecule has 2 aromatic heterocycles. The van der Waals surface area contributed by atoms with Crippen LogP contribution in [0, 0.1) is 0 Å². The van der Waals surface area contributed by atoms with E-state index in [0.29, 0.717) is 10.6 Å². The van der Waals surface area contributed by atoms with Crippen molar-refractivity contribution in [1.82, 2.24) is 9.97 Å². The topological polar surface area (TPSA) is 75.4 Å². The van der Waals surface area contributed by atoms with Crippen molar-refractivity contribution in [3.05, 3.63) is 59.2 Å². The molecule has 6 nitrogen and oxygen atoms in total. The van der Waals surface area contributed by atoms with Gasteiger partial charge in [0.25, 0.3) is 0 Å². The molecule has 2 N–H and O–H groups in total. The van der Waals surface area contributed by atoms with Gasteiger partial charge in [-0.25, -0.2) is 9.97 Å². The van der Waals surface area contributed by atoms with Gasteiger partial charge in [0.1, 0.15) is 11.6 Å². The molecule has 0 unspecified atom stereocenters. The first-order valence-corrected chi connectivity index (χ1v) is 8.80. The third-order valence-electron chi connectivity index (χ3n) is 4.61. The van der Waals surface area contributed by atoms with Gasteiger partial charge in [0.2, 0.25) is 5.91 Å². The lowest BCUT2D eigenvalue weighted by molar-refractivity contribution is 0.100. The second-order valence-corrected chi connectivity index (χ2v) is 6.65. The molecule has 1 amide bonds. The van der Waals surface area contributed by atoms with Gasteiger partial charge < -0.3 is 15.5 Å². The number of benzene rings is 1. The number of hydrogen-bond donors (Lipinski definition) is 1. The summed E-state index contributed by atoms with van der Waals surface area (Å²) in [4.78, 5) is 25.3. The second-order valence-electron chi connectivity index (χ2n) is 6.22. The van der Waals surface area contributed by atoms with Gasteiger partial charge in [-0.05, 0) is 24.3 Å². The minimum atomic E-state index is -0.436. The molecule has 0 radical (unpaired) electrons. The fourth-order valence-electron chi connectivity index (χ4n) is 3.25. The highest BCUT2D eigenvalue weighted by Gasteiger charge is 2.21. The number of amides is 1. The van der Waals surface area contributed by atoms with E-state index in [4.69, 9.17) is 22.3 Å². The number of halogens is 1. The molecule has 7 heteroatoms. The Balaban J connectivity index is 1.57. The van der Waals surface area contributed by atoms with E-state index in [9.17, 15) is 4.79 Å². The zero-order valence-corrected chi connectivity index (χ0v) is 14.9. The van der Waals surface area contributed by atoms with Crippen LogP contribution in [0.3, 0.4) is 0 Å². The third kappa shape index (κ3) is 3.15. The molecule has 1 fully saturated rings. The van der Waals surface area contributed by atoms with Gasteiger partial charge in [-0.3, -0.25) is 4.79 Å². The molecule has 1 saturated heterocycles. The predicted molar refractivity (Wildman–Crippen MR) is 104 cm³/mol. The molecule has 0 aliphatic carbocycles. The summed E-state index contributed by atoms with van der Waals surface area (Å²) < 4.78 is 0. The molecule has 0 atom stereocenters. The number of rotatable bonds is 3. The smallest absolute Gasteiger partial charge is 0.249 e. The van der Waals surface area contributed by atoms with Crippen LogP contribution in [0.4, 0.5) is 11.6 Å². The SMILES string of the molecule is NC(=O)c1cc(N2CCN(c3ccc(Cl)cn3)CC2)nc2ccccc12. The molecule has 3 heterocycles. The highest BCUT2D eigenvalue weighted by molar-refractivity contribution is 6.30. The second kappa shape index (κ2) is 6.80. The van der Waals surface area contributed by atoms with E-state index >= 15 is 0 Å². The fourth-order valence-corrected chi connectivity index (χ4v) is 3.36. The molecule has 1 aliphatic heterocycles. The van der Waals surface area contributed by atoms with Crippen LogP contribution in [0.5, 0.6) is 0 Å². The zero-order valence-electron chi connectivity index (χ0n) is 14.1. The number of hydrogen-bond acceptors (Lipinski definition) is 5. The van der Waals surface area contributed by atoms with Crippen LogP contribution >= 0.6 is 11.6 Å². The summed E-state index contributed by atoms with van der Waals surface area (Å²) in [6.07, 6.45) is 1.66. The molecule has 4 rings (SSSR count). The number of fused-ring (bicyclic) bond motifs is 1. The largest absolute Gasteiger partial charge is 0.366 e. The molecule has 1 aliphatic rings. The van der Waals surface area contributed by atoms with Gasteiger partial charge >= 0.3 is 0 Å². The van der Waals surface area contributed by atoms with Crippen LogP contribution in [0.1, 0.15) is 10.4 Å². The molecule has 132 valence electrons. The fraction of sp³-hybridized carbons (Fsp3) is 0.211. The van der Waals surface area contributed by atoms with Crippen LogP contribution in [0.2, 0.25) is 5.02 Å². The quantitative estimate of drug-likeness (QED) is 0.770. The van der Waals surface area contributed by atoms with Crippen molar-refractivity contribution in [3.8, 4) is 0 Å². The first-order valence-electron chi connectivity index (χ1n) is 8.43. The number of para-hydroxylation sites is 1. The van der Waals surface area contributed by atoms with E-state index in [1.807, 2.05) is 36.4 Å². The van der Waals surface area contributed by atoms with Gasteiger partial charge in [-0.1, -0.05) is 29.8 Å². The van der Waals surface area contributed by atoms with E-state index in [-0.39, 0.29) is 0 Å². The first kappa shape index (κ1) is 16.6. The van der Waals surface area contributed by atoms with Crippen LogP contribution in [0.25, 0.3) is 10.9 Å². The predicted octanol–water partition coefficient (Wildman–Crippen LogP) is 2.71. The molecule has 0 spiro atoms. The number of piperazine rings is 1. The average Bonchev–Trinajstić information content (AvgIpc) is 2.68. The van der Waals surface area contributed by atoms with Gasteiger partial charge in [-0.15, -0.1) is 0 Å². The Morgan fingerprint density at radius 2 is 1.69 bits per heavy atom. The number of pyridine rings is 2. The monoisotopic (exact) mass is 367 g/mol. The lowest BCUT2D eigenvalue weighted by atomic mass is 10.1. The van der Waals surface area contributed by atoms with Crippen molar-refractivity contribution in [2.45, 2.75) is 0 Å². The highest BCUT2D eigenvalue weighted by Crippen LogP contribution is 2.24. The Morgan fingerprint density at radius 1 is 1.00 bits per heavy atom. The summed E-state index contributed by atoms with van der Waals surface area (Å²) in [5.74, 6) is 1.26. The van der Waals surface area contributed by atoms with E-state index in [2.05, 4.69) is 14.8 Å². The van der Waals surface area contributed by atoms with Crippen LogP contribution in [0.15, 0.2) is 48.7 Å². The van der Waals surface area contributed by atoms with Crippen molar-refractivity contribution < 1.29 is 4.79 Å². The van der Waals surface area contributed by atoms with Crippen molar-refractivity contribution in [3.63, 3.8) is 0 Å². The Kier molecular flexibility index (Phi) is 4.34. The van der Waals surface area contributed by atoms with Gasteiger partial charge in [-0.2, -0.15) is 0 Å². The molecule has 0 saturated carbocycles. The van der Waals surface area contributed by atoms with E-state index in [0.717, 1.165) is 48.7 Å². The number of aromatic nitrogens is 2. The molecule has 26 heavy (non-hydrogen) atoms. The normalized spacial score (nSPS) is 14.7. The van der Waals surface area contributed by atoms with Gasteiger partial charge in [0.15, 0.2) is 0 Å². The van der Waals surface area contributed by atoms with E-state index in [1.54, 1.807) is 12.3 Å². The van der Waals surface area contributed by atoms with E-state index < -0.39 is 5.91 Å². The molecule has 1 aromatic carbocycles.